The van der Waals surface area contributed by atoms with Crippen LogP contribution in [0.2, 0.25) is 0 Å². The van der Waals surface area contributed by atoms with Gasteiger partial charge < -0.3 is 24.3 Å². The molecule has 0 aliphatic carbocycles. The maximum atomic E-state index is 5.75. The summed E-state index contributed by atoms with van der Waals surface area (Å²) in [5.41, 5.74) is 1.10. The molecule has 0 saturated carbocycles. The van der Waals surface area contributed by atoms with E-state index in [0.717, 1.165) is 43.1 Å². The number of methoxy groups -OCH3 is 1. The Morgan fingerprint density at radius 1 is 1.33 bits per heavy atom. The van der Waals surface area contributed by atoms with Crippen LogP contribution in [0.3, 0.4) is 0 Å². The highest BCUT2D eigenvalue weighted by Crippen LogP contribution is 2.41. The van der Waals surface area contributed by atoms with Crippen molar-refractivity contribution in [2.75, 3.05) is 20.5 Å². The third-order valence-electron chi connectivity index (χ3n) is 4.01. The van der Waals surface area contributed by atoms with E-state index in [0.29, 0.717) is 11.8 Å². The second-order valence-electron chi connectivity index (χ2n) is 6.21. The summed E-state index contributed by atoms with van der Waals surface area (Å²) in [6.45, 7) is 6.15. The Kier molecular flexibility index (Phi) is 3.95. The second-order valence-corrected chi connectivity index (χ2v) is 6.21. The molecule has 1 fully saturated rings. The van der Waals surface area contributed by atoms with Crippen LogP contribution < -0.4 is 19.5 Å². The van der Waals surface area contributed by atoms with Crippen molar-refractivity contribution in [1.29, 1.82) is 0 Å². The summed E-state index contributed by atoms with van der Waals surface area (Å²) in [4.78, 5) is 0. The topological polar surface area (TPSA) is 49.0 Å². The lowest BCUT2D eigenvalue weighted by Crippen LogP contribution is -2.43. The predicted molar refractivity (Wildman–Crippen MR) is 79.0 cm³/mol. The second kappa shape index (κ2) is 5.73. The molecular formula is C16H23NO4. The van der Waals surface area contributed by atoms with Crippen LogP contribution in [0, 0.1) is 0 Å². The van der Waals surface area contributed by atoms with Crippen molar-refractivity contribution in [2.24, 2.45) is 0 Å². The van der Waals surface area contributed by atoms with E-state index in [9.17, 15) is 0 Å². The molecule has 1 aromatic carbocycles. The average Bonchev–Trinajstić information content (AvgIpc) is 2.91. The quantitative estimate of drug-likeness (QED) is 0.924. The van der Waals surface area contributed by atoms with Gasteiger partial charge in [-0.3, -0.25) is 0 Å². The minimum Gasteiger partial charge on any atom is -0.493 e. The molecule has 1 unspecified atom stereocenters. The lowest BCUT2D eigenvalue weighted by atomic mass is 9.94. The Morgan fingerprint density at radius 3 is 2.95 bits per heavy atom. The Hall–Kier alpha value is -1.46. The highest BCUT2D eigenvalue weighted by atomic mass is 16.7. The van der Waals surface area contributed by atoms with Gasteiger partial charge >= 0.3 is 0 Å². The molecule has 5 heteroatoms. The average molecular weight is 293 g/mol. The molecule has 3 rings (SSSR count). The molecule has 0 spiro atoms. The SMILES string of the molecule is COc1cc(CNC2CCOC(C)(C)C2)cc2c1OCO2. The van der Waals surface area contributed by atoms with Gasteiger partial charge in [0.15, 0.2) is 11.5 Å². The van der Waals surface area contributed by atoms with Crippen molar-refractivity contribution < 1.29 is 18.9 Å². The van der Waals surface area contributed by atoms with Crippen molar-refractivity contribution in [3.63, 3.8) is 0 Å². The maximum Gasteiger partial charge on any atom is 0.231 e. The molecule has 116 valence electrons. The van der Waals surface area contributed by atoms with E-state index in [2.05, 4.69) is 19.2 Å². The molecule has 1 aromatic rings. The molecule has 21 heavy (non-hydrogen) atoms. The summed E-state index contributed by atoms with van der Waals surface area (Å²) in [6, 6.07) is 4.50. The van der Waals surface area contributed by atoms with Crippen LogP contribution in [0.15, 0.2) is 12.1 Å². The minimum atomic E-state index is -0.0392. The smallest absolute Gasteiger partial charge is 0.231 e. The maximum absolute atomic E-state index is 5.75. The predicted octanol–water partition coefficient (Wildman–Crippen LogP) is 2.47. The first kappa shape index (κ1) is 14.5. The highest BCUT2D eigenvalue weighted by Gasteiger charge is 2.28. The Balaban J connectivity index is 1.65. The van der Waals surface area contributed by atoms with Gasteiger partial charge in [-0.05, 0) is 44.4 Å². The third-order valence-corrected chi connectivity index (χ3v) is 4.01. The van der Waals surface area contributed by atoms with Crippen molar-refractivity contribution in [2.45, 2.75) is 44.9 Å². The van der Waals surface area contributed by atoms with Gasteiger partial charge in [0, 0.05) is 19.2 Å². The standard InChI is InChI=1S/C16H23NO4/c1-16(2)8-12(4-5-21-16)17-9-11-6-13(18-3)15-14(7-11)19-10-20-15/h6-7,12,17H,4-5,8-10H2,1-3H3. The van der Waals surface area contributed by atoms with Crippen LogP contribution in [-0.4, -0.2) is 32.2 Å². The van der Waals surface area contributed by atoms with E-state index >= 15 is 0 Å². The Bertz CT molecular complexity index is 515. The molecule has 2 aliphatic heterocycles. The van der Waals surface area contributed by atoms with Crippen LogP contribution in [0.4, 0.5) is 0 Å². The number of ether oxygens (including phenoxy) is 4. The molecule has 0 bridgehead atoms. The zero-order chi connectivity index (χ0) is 14.9. The van der Waals surface area contributed by atoms with Crippen molar-refractivity contribution >= 4 is 0 Å². The number of hydrogen-bond acceptors (Lipinski definition) is 5. The van der Waals surface area contributed by atoms with E-state index < -0.39 is 0 Å². The van der Waals surface area contributed by atoms with Gasteiger partial charge in [-0.1, -0.05) is 0 Å². The summed E-state index contributed by atoms with van der Waals surface area (Å²) >= 11 is 0. The zero-order valence-electron chi connectivity index (χ0n) is 12.9. The normalized spacial score (nSPS) is 23.1. The van der Waals surface area contributed by atoms with Gasteiger partial charge in [-0.2, -0.15) is 0 Å². The number of rotatable bonds is 4. The molecule has 2 aliphatic rings. The summed E-state index contributed by atoms with van der Waals surface area (Å²) in [6.07, 6.45) is 2.07. The molecule has 1 atom stereocenters. The van der Waals surface area contributed by atoms with Crippen molar-refractivity contribution in [1.82, 2.24) is 5.32 Å². The number of fused-ring (bicyclic) bond motifs is 1. The van der Waals surface area contributed by atoms with Crippen LogP contribution in [-0.2, 0) is 11.3 Å². The molecule has 2 heterocycles. The van der Waals surface area contributed by atoms with E-state index in [4.69, 9.17) is 18.9 Å². The third kappa shape index (κ3) is 3.24. The number of hydrogen-bond donors (Lipinski definition) is 1. The van der Waals surface area contributed by atoms with E-state index in [1.54, 1.807) is 7.11 Å². The molecule has 1 saturated heterocycles. The summed E-state index contributed by atoms with van der Waals surface area (Å²) < 4.78 is 22.0. The van der Waals surface area contributed by atoms with E-state index in [-0.39, 0.29) is 12.4 Å². The van der Waals surface area contributed by atoms with Gasteiger partial charge in [0.2, 0.25) is 12.5 Å². The lowest BCUT2D eigenvalue weighted by molar-refractivity contribution is -0.0630. The van der Waals surface area contributed by atoms with Gasteiger partial charge in [0.1, 0.15) is 0 Å². The molecule has 5 nitrogen and oxygen atoms in total. The van der Waals surface area contributed by atoms with Crippen LogP contribution in [0.5, 0.6) is 17.2 Å². The van der Waals surface area contributed by atoms with E-state index in [1.165, 1.54) is 0 Å². The van der Waals surface area contributed by atoms with Gasteiger partial charge in [0.05, 0.1) is 12.7 Å². The Morgan fingerprint density at radius 2 is 2.19 bits per heavy atom. The van der Waals surface area contributed by atoms with Crippen molar-refractivity contribution in [3.8, 4) is 17.2 Å². The largest absolute Gasteiger partial charge is 0.493 e. The van der Waals surface area contributed by atoms with Crippen molar-refractivity contribution in [3.05, 3.63) is 17.7 Å². The van der Waals surface area contributed by atoms with E-state index in [1.807, 2.05) is 12.1 Å². The first-order valence-electron chi connectivity index (χ1n) is 7.41. The van der Waals surface area contributed by atoms with Crippen LogP contribution >= 0.6 is 0 Å². The van der Waals surface area contributed by atoms with Gasteiger partial charge in [-0.25, -0.2) is 0 Å². The fourth-order valence-electron chi connectivity index (χ4n) is 2.95. The van der Waals surface area contributed by atoms with Crippen LogP contribution in [0.25, 0.3) is 0 Å². The Labute approximate surface area is 125 Å². The first-order valence-corrected chi connectivity index (χ1v) is 7.41. The molecule has 0 radical (unpaired) electrons. The molecule has 0 amide bonds. The monoisotopic (exact) mass is 293 g/mol. The summed E-state index contributed by atoms with van der Waals surface area (Å²) in [7, 11) is 1.65. The fraction of sp³-hybridized carbons (Fsp3) is 0.625. The molecule has 1 N–H and O–H groups in total. The summed E-state index contributed by atoms with van der Waals surface area (Å²) in [5.74, 6) is 2.20. The number of nitrogens with one attached hydrogen (secondary N) is 1. The van der Waals surface area contributed by atoms with Gasteiger partial charge in [-0.15, -0.1) is 0 Å². The molecular weight excluding hydrogens is 270 g/mol. The fourth-order valence-corrected chi connectivity index (χ4v) is 2.95. The van der Waals surface area contributed by atoms with Gasteiger partial charge in [0.25, 0.3) is 0 Å². The minimum absolute atomic E-state index is 0.0392. The first-order chi connectivity index (χ1) is 10.1. The summed E-state index contributed by atoms with van der Waals surface area (Å²) in [5, 5.41) is 3.60. The molecule has 0 aromatic heterocycles. The highest BCUT2D eigenvalue weighted by molar-refractivity contribution is 5.55. The lowest BCUT2D eigenvalue weighted by Gasteiger charge is -2.36. The zero-order valence-corrected chi connectivity index (χ0v) is 12.9. The number of benzene rings is 1. The van der Waals surface area contributed by atoms with Crippen LogP contribution in [0.1, 0.15) is 32.3 Å².